The Morgan fingerprint density at radius 2 is 1.87 bits per heavy atom. The van der Waals surface area contributed by atoms with Crippen molar-refractivity contribution in [2.75, 3.05) is 26.4 Å². The third kappa shape index (κ3) is 10.2. The van der Waals surface area contributed by atoms with Crippen LogP contribution in [0.3, 0.4) is 0 Å². The van der Waals surface area contributed by atoms with Crippen LogP contribution in [0.2, 0.25) is 0 Å². The van der Waals surface area contributed by atoms with Crippen molar-refractivity contribution >= 4 is 23.6 Å². The molecule has 0 aromatic carbocycles. The van der Waals surface area contributed by atoms with Crippen LogP contribution in [-0.4, -0.2) is 56.0 Å². The summed E-state index contributed by atoms with van der Waals surface area (Å²) in [6.45, 7) is 11.0. The van der Waals surface area contributed by atoms with Gasteiger partial charge in [0.2, 0.25) is 5.78 Å². The number of alkyl carbamates (subject to hydrolysis) is 1. The number of nitrogens with one attached hydrogen (secondary N) is 2. The van der Waals surface area contributed by atoms with Gasteiger partial charge < -0.3 is 20.1 Å². The molecule has 1 heterocycles. The maximum absolute atomic E-state index is 12.9. The Labute approximate surface area is 179 Å². The van der Waals surface area contributed by atoms with Gasteiger partial charge in [0.05, 0.1) is 12.6 Å². The molecule has 1 aliphatic heterocycles. The van der Waals surface area contributed by atoms with Crippen molar-refractivity contribution in [2.24, 2.45) is 17.3 Å². The fraction of sp³-hybridized carbons (Fsp3) is 0.818. The molecule has 8 heteroatoms. The van der Waals surface area contributed by atoms with Crippen LogP contribution in [0.5, 0.6) is 0 Å². The highest BCUT2D eigenvalue weighted by atomic mass is 16.5. The third-order valence-corrected chi connectivity index (χ3v) is 4.83. The van der Waals surface area contributed by atoms with E-state index >= 15 is 0 Å². The number of carbonyl (C=O) groups excluding carboxylic acids is 4. The molecule has 0 spiro atoms. The van der Waals surface area contributed by atoms with Gasteiger partial charge in [0, 0.05) is 32.1 Å². The molecule has 1 rings (SSSR count). The normalized spacial score (nSPS) is 20.5. The third-order valence-electron chi connectivity index (χ3n) is 4.83. The SMILES string of the molecule is CC(C)C(NC(=O)OCC(C)(C)C)C(=O)CC1CCOCCCCCNC(=O)C1=O. The lowest BCUT2D eigenvalue weighted by molar-refractivity contribution is -0.141. The molecule has 2 N–H and O–H groups in total. The van der Waals surface area contributed by atoms with E-state index in [1.165, 1.54) is 0 Å². The first kappa shape index (κ1) is 26.1. The number of hydrogen-bond donors (Lipinski definition) is 2. The molecule has 172 valence electrons. The molecule has 1 fully saturated rings. The molecular weight excluding hydrogens is 388 g/mol. The van der Waals surface area contributed by atoms with Crippen molar-refractivity contribution in [3.8, 4) is 0 Å². The summed E-state index contributed by atoms with van der Waals surface area (Å²) in [4.78, 5) is 49.8. The van der Waals surface area contributed by atoms with Gasteiger partial charge in [-0.15, -0.1) is 0 Å². The molecule has 0 aromatic heterocycles. The summed E-state index contributed by atoms with van der Waals surface area (Å²) >= 11 is 0. The predicted octanol–water partition coefficient (Wildman–Crippen LogP) is 2.63. The minimum atomic E-state index is -0.796. The fourth-order valence-corrected chi connectivity index (χ4v) is 3.07. The summed E-state index contributed by atoms with van der Waals surface area (Å²) in [6.07, 6.45) is 2.09. The Hall–Kier alpha value is -1.96. The number of rotatable bonds is 6. The molecule has 2 amide bonds. The van der Waals surface area contributed by atoms with E-state index in [1.807, 2.05) is 34.6 Å². The second kappa shape index (κ2) is 12.7. The molecule has 1 aliphatic rings. The van der Waals surface area contributed by atoms with Crippen LogP contribution in [0.4, 0.5) is 4.79 Å². The topological polar surface area (TPSA) is 111 Å². The summed E-state index contributed by atoms with van der Waals surface area (Å²) in [5.41, 5.74) is -0.192. The van der Waals surface area contributed by atoms with Crippen LogP contribution in [-0.2, 0) is 23.9 Å². The van der Waals surface area contributed by atoms with E-state index in [-0.39, 0.29) is 36.6 Å². The van der Waals surface area contributed by atoms with Crippen LogP contribution >= 0.6 is 0 Å². The van der Waals surface area contributed by atoms with E-state index in [0.717, 1.165) is 19.3 Å². The Balaban J connectivity index is 2.78. The van der Waals surface area contributed by atoms with E-state index in [4.69, 9.17) is 9.47 Å². The second-order valence-corrected chi connectivity index (χ2v) is 9.45. The lowest BCUT2D eigenvalue weighted by Crippen LogP contribution is -2.46. The van der Waals surface area contributed by atoms with Crippen LogP contribution in [0.1, 0.15) is 66.7 Å². The molecule has 0 bridgehead atoms. The molecule has 0 saturated carbocycles. The van der Waals surface area contributed by atoms with E-state index in [2.05, 4.69) is 10.6 Å². The van der Waals surface area contributed by atoms with Crippen molar-refractivity contribution in [1.82, 2.24) is 10.6 Å². The Kier molecular flexibility index (Phi) is 11.0. The smallest absolute Gasteiger partial charge is 0.407 e. The maximum atomic E-state index is 12.9. The average molecular weight is 427 g/mol. The standard InChI is InChI=1S/C22H38N2O6/c1-15(2)18(24-21(28)30-14-22(3,4)5)17(25)13-16-9-12-29-11-8-6-7-10-23-20(27)19(16)26/h15-16,18H,6-14H2,1-5H3,(H,23,27)(H,24,28). The van der Waals surface area contributed by atoms with Gasteiger partial charge in [0.1, 0.15) is 0 Å². The fourth-order valence-electron chi connectivity index (χ4n) is 3.07. The highest BCUT2D eigenvalue weighted by Gasteiger charge is 2.32. The first-order chi connectivity index (χ1) is 14.0. The Morgan fingerprint density at radius 1 is 1.17 bits per heavy atom. The summed E-state index contributed by atoms with van der Waals surface area (Å²) in [7, 11) is 0. The highest BCUT2D eigenvalue weighted by Crippen LogP contribution is 2.17. The minimum Gasteiger partial charge on any atom is -0.449 e. The van der Waals surface area contributed by atoms with Crippen LogP contribution < -0.4 is 10.6 Å². The molecule has 1 saturated heterocycles. The summed E-state index contributed by atoms with van der Waals surface area (Å²) in [5.74, 6) is -2.52. The molecule has 8 nitrogen and oxygen atoms in total. The molecule has 0 aliphatic carbocycles. The Bertz CT molecular complexity index is 597. The molecular formula is C22H38N2O6. The van der Waals surface area contributed by atoms with Crippen molar-refractivity contribution in [1.29, 1.82) is 0 Å². The molecule has 2 unspecified atom stereocenters. The second-order valence-electron chi connectivity index (χ2n) is 9.45. The van der Waals surface area contributed by atoms with Crippen molar-refractivity contribution < 1.29 is 28.7 Å². The number of amides is 2. The van der Waals surface area contributed by atoms with Gasteiger partial charge in [-0.3, -0.25) is 14.4 Å². The van der Waals surface area contributed by atoms with Crippen molar-refractivity contribution in [3.05, 3.63) is 0 Å². The quantitative estimate of drug-likeness (QED) is 0.632. The van der Waals surface area contributed by atoms with E-state index < -0.39 is 29.7 Å². The summed E-state index contributed by atoms with van der Waals surface area (Å²) in [5, 5.41) is 5.26. The lowest BCUT2D eigenvalue weighted by atomic mass is 9.88. The lowest BCUT2D eigenvalue weighted by Gasteiger charge is -2.24. The number of Topliss-reactive ketones (excluding diaryl/α,β-unsaturated/α-hetero) is 2. The minimum absolute atomic E-state index is 0.127. The molecule has 0 aromatic rings. The van der Waals surface area contributed by atoms with Gasteiger partial charge in [-0.2, -0.15) is 0 Å². The number of carbonyl (C=O) groups is 4. The number of ether oxygens (including phenoxy) is 2. The largest absolute Gasteiger partial charge is 0.449 e. The monoisotopic (exact) mass is 426 g/mol. The predicted molar refractivity (Wildman–Crippen MR) is 113 cm³/mol. The van der Waals surface area contributed by atoms with E-state index in [9.17, 15) is 19.2 Å². The van der Waals surface area contributed by atoms with Crippen molar-refractivity contribution in [3.63, 3.8) is 0 Å². The zero-order valence-electron chi connectivity index (χ0n) is 19.0. The zero-order chi connectivity index (χ0) is 22.7. The van der Waals surface area contributed by atoms with Gasteiger partial charge in [0.25, 0.3) is 5.91 Å². The van der Waals surface area contributed by atoms with E-state index in [0.29, 0.717) is 19.8 Å². The average Bonchev–Trinajstić information content (AvgIpc) is 2.65. The number of ketones is 2. The van der Waals surface area contributed by atoms with E-state index in [1.54, 1.807) is 0 Å². The van der Waals surface area contributed by atoms with Crippen LogP contribution in [0.25, 0.3) is 0 Å². The molecule has 0 radical (unpaired) electrons. The maximum Gasteiger partial charge on any atom is 0.407 e. The van der Waals surface area contributed by atoms with Gasteiger partial charge in [-0.25, -0.2) is 4.79 Å². The van der Waals surface area contributed by atoms with Gasteiger partial charge in [-0.1, -0.05) is 34.6 Å². The molecule has 2 atom stereocenters. The highest BCUT2D eigenvalue weighted by molar-refractivity contribution is 6.37. The zero-order valence-corrected chi connectivity index (χ0v) is 19.0. The number of hydrogen-bond acceptors (Lipinski definition) is 6. The summed E-state index contributed by atoms with van der Waals surface area (Å²) in [6, 6.07) is -0.796. The van der Waals surface area contributed by atoms with Crippen LogP contribution in [0, 0.1) is 17.3 Å². The first-order valence-corrected chi connectivity index (χ1v) is 10.9. The van der Waals surface area contributed by atoms with Crippen molar-refractivity contribution in [2.45, 2.75) is 72.8 Å². The Morgan fingerprint density at radius 3 is 2.50 bits per heavy atom. The molecule has 30 heavy (non-hydrogen) atoms. The first-order valence-electron chi connectivity index (χ1n) is 10.9. The van der Waals surface area contributed by atoms with Gasteiger partial charge >= 0.3 is 6.09 Å². The van der Waals surface area contributed by atoms with Gasteiger partial charge in [-0.05, 0) is 37.0 Å². The van der Waals surface area contributed by atoms with Crippen LogP contribution in [0.15, 0.2) is 0 Å². The van der Waals surface area contributed by atoms with Gasteiger partial charge in [0.15, 0.2) is 5.78 Å². The summed E-state index contributed by atoms with van der Waals surface area (Å²) < 4.78 is 10.8.